The van der Waals surface area contributed by atoms with Crippen molar-refractivity contribution >= 4 is 23.4 Å². The molecule has 1 aliphatic rings. The minimum absolute atomic E-state index is 0.0398. The Hall–Kier alpha value is -2.45. The van der Waals surface area contributed by atoms with Gasteiger partial charge in [-0.3, -0.25) is 4.79 Å². The van der Waals surface area contributed by atoms with Crippen LogP contribution < -0.4 is 4.90 Å². The lowest BCUT2D eigenvalue weighted by Crippen LogP contribution is -2.27. The van der Waals surface area contributed by atoms with Crippen molar-refractivity contribution in [3.63, 3.8) is 0 Å². The normalized spacial score (nSPS) is 17.5. The topological polar surface area (TPSA) is 64.3 Å². The van der Waals surface area contributed by atoms with E-state index in [0.717, 1.165) is 17.0 Å². The zero-order valence-electron chi connectivity index (χ0n) is 11.8. The molecule has 5 heteroatoms. The maximum Gasteiger partial charge on any atom is 0.240 e. The molecule has 0 aromatic heterocycles. The molecule has 0 radical (unpaired) electrons. The van der Waals surface area contributed by atoms with E-state index in [0.29, 0.717) is 12.1 Å². The Labute approximate surface area is 133 Å². The van der Waals surface area contributed by atoms with Gasteiger partial charge in [0.1, 0.15) is 5.75 Å². The third-order valence-corrected chi connectivity index (χ3v) is 4.92. The number of para-hydroxylation sites is 1. The summed E-state index contributed by atoms with van der Waals surface area (Å²) in [6.07, 6.45) is 0.734. The van der Waals surface area contributed by atoms with Crippen LogP contribution in [0.3, 0.4) is 0 Å². The van der Waals surface area contributed by atoms with Crippen LogP contribution in [0.25, 0.3) is 0 Å². The minimum atomic E-state index is -0.191. The number of aromatic hydroxyl groups is 1. The van der Waals surface area contributed by atoms with Gasteiger partial charge in [-0.25, -0.2) is 0 Å². The molecule has 1 amide bonds. The van der Waals surface area contributed by atoms with E-state index < -0.39 is 0 Å². The van der Waals surface area contributed by atoms with Crippen LogP contribution in [0.5, 0.6) is 5.75 Å². The molecule has 0 aliphatic carbocycles. The number of nitriles is 1. The second kappa shape index (κ2) is 6.12. The first-order chi connectivity index (χ1) is 10.7. The van der Waals surface area contributed by atoms with E-state index in [9.17, 15) is 9.90 Å². The number of rotatable bonds is 3. The fourth-order valence-corrected chi connectivity index (χ4v) is 3.55. The summed E-state index contributed by atoms with van der Waals surface area (Å²) >= 11 is 1.40. The number of phenols is 1. The number of hydrogen-bond acceptors (Lipinski definition) is 4. The van der Waals surface area contributed by atoms with E-state index in [1.165, 1.54) is 11.8 Å². The zero-order valence-corrected chi connectivity index (χ0v) is 12.6. The largest absolute Gasteiger partial charge is 0.507 e. The van der Waals surface area contributed by atoms with Crippen molar-refractivity contribution in [2.75, 3.05) is 11.4 Å². The SMILES string of the molecule is N#Cc1ccc(N2CCC(Sc3ccccc3O)C2=O)cc1. The number of hydrogen-bond donors (Lipinski definition) is 1. The van der Waals surface area contributed by atoms with Crippen molar-refractivity contribution in [2.45, 2.75) is 16.6 Å². The van der Waals surface area contributed by atoms with Crippen molar-refractivity contribution in [3.8, 4) is 11.8 Å². The van der Waals surface area contributed by atoms with Crippen LogP contribution in [0.1, 0.15) is 12.0 Å². The van der Waals surface area contributed by atoms with E-state index in [1.54, 1.807) is 41.3 Å². The summed E-state index contributed by atoms with van der Waals surface area (Å²) in [5.41, 5.74) is 1.39. The Bertz CT molecular complexity index is 737. The van der Waals surface area contributed by atoms with E-state index in [4.69, 9.17) is 5.26 Å². The van der Waals surface area contributed by atoms with Gasteiger partial charge in [0, 0.05) is 17.1 Å². The van der Waals surface area contributed by atoms with Gasteiger partial charge in [-0.05, 0) is 42.8 Å². The van der Waals surface area contributed by atoms with Crippen molar-refractivity contribution < 1.29 is 9.90 Å². The molecule has 0 bridgehead atoms. The molecule has 110 valence electrons. The number of thioether (sulfide) groups is 1. The summed E-state index contributed by atoms with van der Waals surface area (Å²) in [6, 6.07) is 16.1. The zero-order chi connectivity index (χ0) is 15.5. The first-order valence-corrected chi connectivity index (χ1v) is 7.83. The average molecular weight is 310 g/mol. The Balaban J connectivity index is 1.74. The molecule has 1 heterocycles. The molecule has 1 atom stereocenters. The highest BCUT2D eigenvalue weighted by atomic mass is 32.2. The number of benzene rings is 2. The predicted molar refractivity (Wildman–Crippen MR) is 85.9 cm³/mol. The smallest absolute Gasteiger partial charge is 0.240 e. The Kier molecular flexibility index (Phi) is 4.03. The maximum absolute atomic E-state index is 12.5. The molecule has 1 fully saturated rings. The lowest BCUT2D eigenvalue weighted by Gasteiger charge is -2.17. The first kappa shape index (κ1) is 14.5. The number of carbonyl (C=O) groups is 1. The summed E-state index contributed by atoms with van der Waals surface area (Å²) in [4.78, 5) is 15.0. The number of anilines is 1. The molecule has 2 aromatic rings. The van der Waals surface area contributed by atoms with Gasteiger partial charge in [-0.2, -0.15) is 5.26 Å². The summed E-state index contributed by atoms with van der Waals surface area (Å²) in [5.74, 6) is 0.245. The lowest BCUT2D eigenvalue weighted by atomic mass is 10.2. The van der Waals surface area contributed by atoms with Crippen LogP contribution in [-0.4, -0.2) is 22.8 Å². The van der Waals surface area contributed by atoms with E-state index >= 15 is 0 Å². The Morgan fingerprint density at radius 1 is 1.18 bits per heavy atom. The quantitative estimate of drug-likeness (QED) is 0.946. The summed E-state index contributed by atoms with van der Waals surface area (Å²) in [5, 5.41) is 18.5. The molecule has 1 N–H and O–H groups in total. The summed E-state index contributed by atoms with van der Waals surface area (Å²) in [6.45, 7) is 0.649. The van der Waals surface area contributed by atoms with Gasteiger partial charge in [-0.1, -0.05) is 12.1 Å². The third kappa shape index (κ3) is 2.78. The van der Waals surface area contributed by atoms with Gasteiger partial charge in [0.05, 0.1) is 16.9 Å². The Morgan fingerprint density at radius 2 is 1.91 bits per heavy atom. The van der Waals surface area contributed by atoms with Crippen LogP contribution in [0.4, 0.5) is 5.69 Å². The molecule has 4 nitrogen and oxygen atoms in total. The Morgan fingerprint density at radius 3 is 2.59 bits per heavy atom. The van der Waals surface area contributed by atoms with Crippen LogP contribution in [-0.2, 0) is 4.79 Å². The van der Waals surface area contributed by atoms with Gasteiger partial charge in [-0.15, -0.1) is 11.8 Å². The fraction of sp³-hybridized carbons (Fsp3) is 0.176. The van der Waals surface area contributed by atoms with Crippen LogP contribution in [0.2, 0.25) is 0 Å². The van der Waals surface area contributed by atoms with Gasteiger partial charge in [0.15, 0.2) is 0 Å². The second-order valence-corrected chi connectivity index (χ2v) is 6.26. The molecule has 0 saturated carbocycles. The molecule has 0 spiro atoms. The fourth-order valence-electron chi connectivity index (χ4n) is 2.45. The number of nitrogens with zero attached hydrogens (tertiary/aromatic N) is 2. The van der Waals surface area contributed by atoms with E-state index in [1.807, 2.05) is 12.1 Å². The minimum Gasteiger partial charge on any atom is -0.507 e. The molecular formula is C17H14N2O2S. The monoisotopic (exact) mass is 310 g/mol. The molecule has 22 heavy (non-hydrogen) atoms. The van der Waals surface area contributed by atoms with E-state index in [2.05, 4.69) is 6.07 Å². The molecule has 3 rings (SSSR count). The molecule has 1 aliphatic heterocycles. The van der Waals surface area contributed by atoms with Gasteiger partial charge in [0.25, 0.3) is 0 Å². The lowest BCUT2D eigenvalue weighted by molar-refractivity contribution is -0.116. The molecular weight excluding hydrogens is 296 g/mol. The third-order valence-electron chi connectivity index (χ3n) is 3.60. The van der Waals surface area contributed by atoms with Crippen molar-refractivity contribution in [3.05, 3.63) is 54.1 Å². The van der Waals surface area contributed by atoms with Gasteiger partial charge in [0.2, 0.25) is 5.91 Å². The van der Waals surface area contributed by atoms with E-state index in [-0.39, 0.29) is 16.9 Å². The number of amides is 1. The summed E-state index contributed by atoms with van der Waals surface area (Å²) < 4.78 is 0. The average Bonchev–Trinajstić information content (AvgIpc) is 2.91. The highest BCUT2D eigenvalue weighted by Crippen LogP contribution is 2.36. The van der Waals surface area contributed by atoms with Crippen LogP contribution in [0.15, 0.2) is 53.4 Å². The summed E-state index contributed by atoms with van der Waals surface area (Å²) in [7, 11) is 0. The maximum atomic E-state index is 12.5. The second-order valence-electron chi connectivity index (χ2n) is 5.01. The van der Waals surface area contributed by atoms with Crippen molar-refractivity contribution in [1.29, 1.82) is 5.26 Å². The van der Waals surface area contributed by atoms with Crippen LogP contribution in [0, 0.1) is 11.3 Å². The van der Waals surface area contributed by atoms with Crippen molar-refractivity contribution in [1.82, 2.24) is 0 Å². The number of phenolic OH excluding ortho intramolecular Hbond substituents is 1. The molecule has 2 aromatic carbocycles. The first-order valence-electron chi connectivity index (χ1n) is 6.95. The highest BCUT2D eigenvalue weighted by Gasteiger charge is 2.33. The van der Waals surface area contributed by atoms with Crippen molar-refractivity contribution in [2.24, 2.45) is 0 Å². The highest BCUT2D eigenvalue weighted by molar-refractivity contribution is 8.00. The van der Waals surface area contributed by atoms with Crippen LogP contribution >= 0.6 is 11.8 Å². The standard InChI is InChI=1S/C17H14N2O2S/c18-11-12-5-7-13(8-6-12)19-10-9-16(17(19)21)22-15-4-2-1-3-14(15)20/h1-8,16,20H,9-10H2. The predicted octanol–water partition coefficient (Wildman–Crippen LogP) is 3.16. The van der Waals surface area contributed by atoms with Gasteiger partial charge < -0.3 is 10.0 Å². The number of carbonyl (C=O) groups excluding carboxylic acids is 1. The van der Waals surface area contributed by atoms with Gasteiger partial charge >= 0.3 is 0 Å². The molecule has 1 unspecified atom stereocenters. The molecule has 1 saturated heterocycles.